The summed E-state index contributed by atoms with van der Waals surface area (Å²) in [4.78, 5) is 32.1. The van der Waals surface area contributed by atoms with E-state index in [1.807, 2.05) is 66.7 Å². The summed E-state index contributed by atoms with van der Waals surface area (Å²) in [5.41, 5.74) is 3.75. The number of pyridine rings is 1. The van der Waals surface area contributed by atoms with E-state index in [0.717, 1.165) is 37.7 Å². The van der Waals surface area contributed by atoms with Crippen LogP contribution in [0.2, 0.25) is 0 Å². The maximum atomic E-state index is 14.0. The Morgan fingerprint density at radius 3 is 2.24 bits per heavy atom. The number of hydrogen-bond donors (Lipinski definition) is 1. The molecule has 0 spiro atoms. The average Bonchev–Trinajstić information content (AvgIpc) is 3.03. The molecule has 1 heterocycles. The smallest absolute Gasteiger partial charge is 0.340 e. The van der Waals surface area contributed by atoms with Gasteiger partial charge in [-0.15, -0.1) is 0 Å². The molecule has 42 heavy (non-hydrogen) atoms. The first-order valence-electron chi connectivity index (χ1n) is 15.1. The highest BCUT2D eigenvalue weighted by molar-refractivity contribution is 6.14. The Labute approximate surface area is 249 Å². The number of esters is 1. The fourth-order valence-corrected chi connectivity index (χ4v) is 5.11. The third kappa shape index (κ3) is 7.55. The maximum Gasteiger partial charge on any atom is 0.340 e. The van der Waals surface area contributed by atoms with Gasteiger partial charge in [-0.25, -0.2) is 9.78 Å². The van der Waals surface area contributed by atoms with Gasteiger partial charge in [0.2, 0.25) is 0 Å². The average molecular weight is 567 g/mol. The van der Waals surface area contributed by atoms with Crippen molar-refractivity contribution in [2.24, 2.45) is 0 Å². The van der Waals surface area contributed by atoms with Crippen molar-refractivity contribution in [2.75, 3.05) is 12.4 Å². The number of amides is 1. The fraction of sp³-hybridized carbons (Fsp3) is 0.361. The number of carbonyl (C=O) groups is 2. The predicted molar refractivity (Wildman–Crippen MR) is 170 cm³/mol. The first-order chi connectivity index (χ1) is 20.5. The van der Waals surface area contributed by atoms with Gasteiger partial charge in [0, 0.05) is 10.9 Å². The molecule has 0 saturated carbocycles. The zero-order valence-corrected chi connectivity index (χ0v) is 25.2. The van der Waals surface area contributed by atoms with Crippen LogP contribution in [0.15, 0.2) is 78.9 Å². The summed E-state index contributed by atoms with van der Waals surface area (Å²) in [5.74, 6) is 0.226. The van der Waals surface area contributed by atoms with Crippen molar-refractivity contribution in [1.82, 2.24) is 4.98 Å². The molecule has 1 amide bonds. The van der Waals surface area contributed by atoms with Gasteiger partial charge in [0.25, 0.3) is 5.91 Å². The van der Waals surface area contributed by atoms with Gasteiger partial charge >= 0.3 is 5.97 Å². The third-order valence-electron chi connectivity index (χ3n) is 7.78. The molecule has 0 aliphatic rings. The van der Waals surface area contributed by atoms with E-state index in [0.29, 0.717) is 40.4 Å². The van der Waals surface area contributed by atoms with Crippen LogP contribution in [0.5, 0.6) is 5.75 Å². The summed E-state index contributed by atoms with van der Waals surface area (Å²) in [5, 5.41) is 3.68. The van der Waals surface area contributed by atoms with Crippen molar-refractivity contribution < 1.29 is 19.1 Å². The van der Waals surface area contributed by atoms with E-state index in [-0.39, 0.29) is 11.5 Å². The number of nitrogens with zero attached hydrogens (tertiary/aromatic N) is 1. The van der Waals surface area contributed by atoms with Crippen LogP contribution in [0.1, 0.15) is 87.6 Å². The zero-order chi connectivity index (χ0) is 29.9. The summed E-state index contributed by atoms with van der Waals surface area (Å²) in [6.45, 7) is 6.55. The number of hydrogen-bond acceptors (Lipinski definition) is 5. The lowest BCUT2D eigenvalue weighted by Crippen LogP contribution is -2.34. The lowest BCUT2D eigenvalue weighted by Gasteiger charge is -2.22. The molecule has 6 heteroatoms. The largest absolute Gasteiger partial charge is 0.481 e. The molecule has 0 aliphatic carbocycles. The monoisotopic (exact) mass is 566 g/mol. The van der Waals surface area contributed by atoms with Gasteiger partial charge < -0.3 is 14.8 Å². The van der Waals surface area contributed by atoms with E-state index in [1.54, 1.807) is 0 Å². The number of aromatic nitrogens is 1. The molecule has 0 bridgehead atoms. The molecule has 2 atom stereocenters. The van der Waals surface area contributed by atoms with Crippen molar-refractivity contribution in [3.05, 3.63) is 90.0 Å². The Balaban J connectivity index is 1.72. The van der Waals surface area contributed by atoms with E-state index in [9.17, 15) is 9.59 Å². The highest BCUT2D eigenvalue weighted by Gasteiger charge is 2.27. The summed E-state index contributed by atoms with van der Waals surface area (Å²) in [6.07, 6.45) is 6.17. The predicted octanol–water partition coefficient (Wildman–Crippen LogP) is 8.95. The second-order valence-corrected chi connectivity index (χ2v) is 10.8. The molecule has 4 rings (SSSR count). The minimum atomic E-state index is -0.748. The number of rotatable bonds is 14. The Morgan fingerprint density at radius 1 is 0.857 bits per heavy atom. The lowest BCUT2D eigenvalue weighted by atomic mass is 9.99. The molecule has 1 N–H and O–H groups in total. The first kappa shape index (κ1) is 30.8. The number of benzene rings is 3. The van der Waals surface area contributed by atoms with E-state index in [1.165, 1.54) is 19.1 Å². The van der Waals surface area contributed by atoms with Gasteiger partial charge in [-0.05, 0) is 48.9 Å². The second kappa shape index (κ2) is 15.2. The van der Waals surface area contributed by atoms with E-state index in [4.69, 9.17) is 14.5 Å². The topological polar surface area (TPSA) is 77.5 Å². The number of anilines is 1. The van der Waals surface area contributed by atoms with E-state index < -0.39 is 12.1 Å². The first-order valence-corrected chi connectivity index (χ1v) is 15.1. The van der Waals surface area contributed by atoms with Crippen LogP contribution in [0, 0.1) is 0 Å². The van der Waals surface area contributed by atoms with Crippen LogP contribution in [0.25, 0.3) is 22.2 Å². The molecule has 2 unspecified atom stereocenters. The summed E-state index contributed by atoms with van der Waals surface area (Å²) in [6, 6.07) is 24.9. The van der Waals surface area contributed by atoms with Crippen molar-refractivity contribution >= 4 is 28.5 Å². The maximum absolute atomic E-state index is 14.0. The molecule has 0 saturated heterocycles. The molecule has 0 aliphatic heterocycles. The normalized spacial score (nSPS) is 12.5. The van der Waals surface area contributed by atoms with Crippen molar-refractivity contribution in [2.45, 2.75) is 77.7 Å². The minimum absolute atomic E-state index is 0.273. The lowest BCUT2D eigenvalue weighted by molar-refractivity contribution is -0.123. The van der Waals surface area contributed by atoms with Gasteiger partial charge in [-0.2, -0.15) is 0 Å². The number of carbonyl (C=O) groups excluding carboxylic acids is 2. The van der Waals surface area contributed by atoms with Crippen molar-refractivity contribution in [3.8, 4) is 17.0 Å². The third-order valence-corrected chi connectivity index (χ3v) is 7.78. The van der Waals surface area contributed by atoms with Crippen LogP contribution in [0.4, 0.5) is 5.69 Å². The van der Waals surface area contributed by atoms with Crippen molar-refractivity contribution in [3.63, 3.8) is 0 Å². The Bertz CT molecular complexity index is 1470. The van der Waals surface area contributed by atoms with Crippen LogP contribution < -0.4 is 10.1 Å². The van der Waals surface area contributed by atoms with E-state index >= 15 is 0 Å². The molecule has 4 aromatic rings. The molecule has 0 fully saturated rings. The molecule has 3 aromatic carbocycles. The Morgan fingerprint density at radius 2 is 1.55 bits per heavy atom. The number of fused-ring (bicyclic) bond motifs is 1. The van der Waals surface area contributed by atoms with Crippen LogP contribution >= 0.6 is 0 Å². The van der Waals surface area contributed by atoms with Gasteiger partial charge in [0.15, 0.2) is 6.10 Å². The highest BCUT2D eigenvalue weighted by atomic mass is 16.5. The molecule has 0 radical (unpaired) electrons. The second-order valence-electron chi connectivity index (χ2n) is 10.8. The number of ether oxygens (including phenoxy) is 2. The summed E-state index contributed by atoms with van der Waals surface area (Å²) < 4.78 is 11.5. The fourth-order valence-electron chi connectivity index (χ4n) is 5.11. The van der Waals surface area contributed by atoms with Gasteiger partial charge in [0.1, 0.15) is 5.75 Å². The van der Waals surface area contributed by atoms with Gasteiger partial charge in [0.05, 0.1) is 29.6 Å². The SMILES string of the molecule is CCCCCCCC(Oc1ccc(C(C)CC)cc1)C(=O)Nc1c(-c2ccccc2)nc2ccccc2c1C(=O)OC. The quantitative estimate of drug-likeness (QED) is 0.122. The molecule has 220 valence electrons. The number of unbranched alkanes of at least 4 members (excludes halogenated alkanes) is 4. The van der Waals surface area contributed by atoms with Crippen LogP contribution in [0.3, 0.4) is 0 Å². The standard InChI is InChI=1S/C36H42N2O4/c1-5-7-8-9-13-20-31(42-28-23-21-26(22-24-28)25(3)6-2)35(39)38-34-32(36(40)41-4)29-18-14-15-19-30(29)37-33(34)27-16-11-10-12-17-27/h10-12,14-19,21-25,31H,5-9,13,20H2,1-4H3,(H,38,39). The minimum Gasteiger partial charge on any atom is -0.481 e. The van der Waals surface area contributed by atoms with Gasteiger partial charge in [-0.1, -0.05) is 107 Å². The van der Waals surface area contributed by atoms with Crippen LogP contribution in [-0.4, -0.2) is 30.1 Å². The Kier molecular flexibility index (Phi) is 11.1. The van der Waals surface area contributed by atoms with E-state index in [2.05, 4.69) is 38.2 Å². The van der Waals surface area contributed by atoms with Crippen molar-refractivity contribution in [1.29, 1.82) is 0 Å². The van der Waals surface area contributed by atoms with Gasteiger partial charge in [-0.3, -0.25) is 4.79 Å². The molecule has 6 nitrogen and oxygen atoms in total. The molecule has 1 aromatic heterocycles. The summed E-state index contributed by atoms with van der Waals surface area (Å²) >= 11 is 0. The number of methoxy groups -OCH3 is 1. The molecular formula is C36H42N2O4. The number of para-hydroxylation sites is 1. The van der Waals surface area contributed by atoms with Crippen LogP contribution in [-0.2, 0) is 9.53 Å². The number of nitrogens with one attached hydrogen (secondary N) is 1. The summed E-state index contributed by atoms with van der Waals surface area (Å²) in [7, 11) is 1.34. The molecular weight excluding hydrogens is 524 g/mol. The zero-order valence-electron chi connectivity index (χ0n) is 25.2. The Hall–Kier alpha value is -4.19. The highest BCUT2D eigenvalue weighted by Crippen LogP contribution is 2.35.